The van der Waals surface area contributed by atoms with E-state index in [1.54, 1.807) is 4.90 Å². The van der Waals surface area contributed by atoms with Gasteiger partial charge in [0.25, 0.3) is 0 Å². The molecule has 0 aliphatic carbocycles. The molecule has 1 heterocycles. The fourth-order valence-corrected chi connectivity index (χ4v) is 3.07. The van der Waals surface area contributed by atoms with Crippen LogP contribution in [0.1, 0.15) is 23.1 Å². The minimum Gasteiger partial charge on any atom is -0.333 e. The van der Waals surface area contributed by atoms with Crippen molar-refractivity contribution in [1.82, 2.24) is 5.32 Å². The van der Waals surface area contributed by atoms with E-state index in [-0.39, 0.29) is 18.0 Å². The summed E-state index contributed by atoms with van der Waals surface area (Å²) in [4.78, 5) is 26.0. The van der Waals surface area contributed by atoms with Gasteiger partial charge in [-0.2, -0.15) is 13.2 Å². The summed E-state index contributed by atoms with van der Waals surface area (Å²) >= 11 is 0. The predicted octanol–water partition coefficient (Wildman–Crippen LogP) is 4.25. The molecular formula is C20H20F3N3O2. The van der Waals surface area contributed by atoms with Crippen LogP contribution in [0.15, 0.2) is 42.5 Å². The fraction of sp³-hybridized carbons (Fsp3) is 0.300. The van der Waals surface area contributed by atoms with E-state index in [2.05, 4.69) is 10.6 Å². The molecule has 0 aromatic heterocycles. The number of benzene rings is 2. The number of nitrogens with zero attached hydrogens (tertiary/aromatic N) is 1. The van der Waals surface area contributed by atoms with Gasteiger partial charge in [0.2, 0.25) is 5.91 Å². The Morgan fingerprint density at radius 1 is 1.11 bits per heavy atom. The number of nitrogens with one attached hydrogen (secondary N) is 2. The van der Waals surface area contributed by atoms with Crippen molar-refractivity contribution >= 4 is 23.3 Å². The lowest BCUT2D eigenvalue weighted by atomic mass is 10.1. The molecule has 0 saturated carbocycles. The number of rotatable bonds is 3. The molecule has 2 aromatic rings. The fourth-order valence-electron chi connectivity index (χ4n) is 3.07. The maximum absolute atomic E-state index is 12.8. The molecule has 1 unspecified atom stereocenters. The third-order valence-electron chi connectivity index (χ3n) is 4.71. The van der Waals surface area contributed by atoms with Gasteiger partial charge in [0.05, 0.1) is 11.6 Å². The van der Waals surface area contributed by atoms with Crippen molar-refractivity contribution in [2.75, 3.05) is 16.8 Å². The minimum atomic E-state index is -4.49. The normalized spacial score (nSPS) is 17.0. The van der Waals surface area contributed by atoms with E-state index >= 15 is 0 Å². The van der Waals surface area contributed by atoms with E-state index in [0.717, 1.165) is 28.9 Å². The zero-order valence-electron chi connectivity index (χ0n) is 15.4. The van der Waals surface area contributed by atoms with E-state index in [9.17, 15) is 22.8 Å². The number of alkyl halides is 3. The molecule has 3 amide bonds. The number of hydrogen-bond acceptors (Lipinski definition) is 2. The average molecular weight is 391 g/mol. The highest BCUT2D eigenvalue weighted by Crippen LogP contribution is 2.30. The summed E-state index contributed by atoms with van der Waals surface area (Å²) in [5, 5.41) is 5.04. The summed E-state index contributed by atoms with van der Waals surface area (Å²) in [6.07, 6.45) is -4.36. The number of carbonyl (C=O) groups is 2. The van der Waals surface area contributed by atoms with Crippen LogP contribution in [-0.2, 0) is 11.0 Å². The van der Waals surface area contributed by atoms with Crippen LogP contribution in [0.5, 0.6) is 0 Å². The summed E-state index contributed by atoms with van der Waals surface area (Å²) in [5.41, 5.74) is 2.12. The number of hydrogen-bond donors (Lipinski definition) is 2. The molecule has 1 fully saturated rings. The SMILES string of the molecule is Cc1ccc(N2CC(NC(=O)Nc3cccc(C(F)(F)F)c3)CC2=O)cc1C. The minimum absolute atomic E-state index is 0.0302. The molecule has 0 radical (unpaired) electrons. The first kappa shape index (κ1) is 19.7. The van der Waals surface area contributed by atoms with Gasteiger partial charge in [0.15, 0.2) is 0 Å². The van der Waals surface area contributed by atoms with Crippen molar-refractivity contribution < 1.29 is 22.8 Å². The number of halogens is 3. The second kappa shape index (κ2) is 7.53. The number of urea groups is 1. The largest absolute Gasteiger partial charge is 0.416 e. The average Bonchev–Trinajstić information content (AvgIpc) is 2.97. The van der Waals surface area contributed by atoms with Crippen LogP contribution in [0.3, 0.4) is 0 Å². The van der Waals surface area contributed by atoms with Gasteiger partial charge in [-0.1, -0.05) is 12.1 Å². The molecule has 1 atom stereocenters. The van der Waals surface area contributed by atoms with Crippen LogP contribution in [0.4, 0.5) is 29.3 Å². The zero-order chi connectivity index (χ0) is 20.5. The summed E-state index contributed by atoms with van der Waals surface area (Å²) < 4.78 is 38.3. The summed E-state index contributed by atoms with van der Waals surface area (Å²) in [5.74, 6) is -0.118. The second-order valence-electron chi connectivity index (χ2n) is 6.85. The monoisotopic (exact) mass is 391 g/mol. The molecule has 5 nitrogen and oxygen atoms in total. The highest BCUT2D eigenvalue weighted by Gasteiger charge is 2.32. The van der Waals surface area contributed by atoms with Crippen LogP contribution in [-0.4, -0.2) is 24.5 Å². The number of carbonyl (C=O) groups excluding carboxylic acids is 2. The molecule has 28 heavy (non-hydrogen) atoms. The molecule has 3 rings (SSSR count). The van der Waals surface area contributed by atoms with E-state index < -0.39 is 23.8 Å². The van der Waals surface area contributed by atoms with Gasteiger partial charge in [0.1, 0.15) is 0 Å². The van der Waals surface area contributed by atoms with E-state index in [4.69, 9.17) is 0 Å². The maximum Gasteiger partial charge on any atom is 0.416 e. The molecule has 1 saturated heterocycles. The van der Waals surface area contributed by atoms with Gasteiger partial charge in [-0.25, -0.2) is 4.79 Å². The van der Waals surface area contributed by atoms with Gasteiger partial charge in [-0.3, -0.25) is 4.79 Å². The Morgan fingerprint density at radius 3 is 2.54 bits per heavy atom. The van der Waals surface area contributed by atoms with Gasteiger partial charge in [0, 0.05) is 24.3 Å². The molecule has 0 bridgehead atoms. The van der Waals surface area contributed by atoms with Gasteiger partial charge < -0.3 is 15.5 Å². The molecule has 1 aliphatic heterocycles. The van der Waals surface area contributed by atoms with Gasteiger partial charge >= 0.3 is 12.2 Å². The number of amides is 3. The van der Waals surface area contributed by atoms with Crippen LogP contribution in [0.25, 0.3) is 0 Å². The van der Waals surface area contributed by atoms with Crippen molar-refractivity contribution in [1.29, 1.82) is 0 Å². The van der Waals surface area contributed by atoms with Crippen molar-refractivity contribution in [2.24, 2.45) is 0 Å². The first-order valence-corrected chi connectivity index (χ1v) is 8.76. The van der Waals surface area contributed by atoms with Crippen molar-refractivity contribution in [3.05, 3.63) is 59.2 Å². The van der Waals surface area contributed by atoms with Crippen LogP contribution in [0, 0.1) is 13.8 Å². The summed E-state index contributed by atoms with van der Waals surface area (Å²) in [6.45, 7) is 4.24. The molecule has 148 valence electrons. The predicted molar refractivity (Wildman–Crippen MR) is 100 cm³/mol. The van der Waals surface area contributed by atoms with Crippen molar-refractivity contribution in [2.45, 2.75) is 32.5 Å². The Kier molecular flexibility index (Phi) is 5.31. The Morgan fingerprint density at radius 2 is 1.86 bits per heavy atom. The smallest absolute Gasteiger partial charge is 0.333 e. The van der Waals surface area contributed by atoms with Crippen LogP contribution >= 0.6 is 0 Å². The van der Waals surface area contributed by atoms with Crippen LogP contribution < -0.4 is 15.5 Å². The molecular weight excluding hydrogens is 371 g/mol. The topological polar surface area (TPSA) is 61.4 Å². The van der Waals surface area contributed by atoms with Crippen LogP contribution in [0.2, 0.25) is 0 Å². The lowest BCUT2D eigenvalue weighted by molar-refractivity contribution is -0.137. The highest BCUT2D eigenvalue weighted by atomic mass is 19.4. The van der Waals surface area contributed by atoms with Gasteiger partial charge in [-0.05, 0) is 55.3 Å². The molecule has 2 aromatic carbocycles. The lowest BCUT2D eigenvalue weighted by Gasteiger charge is -2.18. The first-order valence-electron chi connectivity index (χ1n) is 8.76. The second-order valence-corrected chi connectivity index (χ2v) is 6.85. The standard InChI is InChI=1S/C20H20F3N3O2/c1-12-6-7-17(8-13(12)2)26-11-16(10-18(26)27)25-19(28)24-15-5-3-4-14(9-15)20(21,22)23/h3-9,16H,10-11H2,1-2H3,(H2,24,25,28). The zero-order valence-corrected chi connectivity index (χ0v) is 15.4. The number of aryl methyl sites for hydroxylation is 2. The summed E-state index contributed by atoms with van der Waals surface area (Å²) in [7, 11) is 0. The quantitative estimate of drug-likeness (QED) is 0.822. The molecule has 1 aliphatic rings. The summed E-state index contributed by atoms with van der Waals surface area (Å²) in [6, 6.07) is 9.00. The molecule has 2 N–H and O–H groups in total. The highest BCUT2D eigenvalue weighted by molar-refractivity contribution is 5.97. The first-order chi connectivity index (χ1) is 13.1. The van der Waals surface area contributed by atoms with E-state index in [1.165, 1.54) is 12.1 Å². The van der Waals surface area contributed by atoms with Crippen molar-refractivity contribution in [3.63, 3.8) is 0 Å². The lowest BCUT2D eigenvalue weighted by Crippen LogP contribution is -2.39. The Hall–Kier alpha value is -3.03. The van der Waals surface area contributed by atoms with E-state index in [0.29, 0.717) is 6.54 Å². The van der Waals surface area contributed by atoms with Crippen molar-refractivity contribution in [3.8, 4) is 0 Å². The molecule has 0 spiro atoms. The third kappa shape index (κ3) is 4.44. The Bertz CT molecular complexity index is 912. The third-order valence-corrected chi connectivity index (χ3v) is 4.71. The Balaban J connectivity index is 1.62. The maximum atomic E-state index is 12.8. The Labute approximate surface area is 160 Å². The number of anilines is 2. The van der Waals surface area contributed by atoms with Gasteiger partial charge in [-0.15, -0.1) is 0 Å². The molecule has 8 heteroatoms. The van der Waals surface area contributed by atoms with E-state index in [1.807, 2.05) is 32.0 Å².